The van der Waals surface area contributed by atoms with Gasteiger partial charge in [0.25, 0.3) is 0 Å². The van der Waals surface area contributed by atoms with Crippen molar-refractivity contribution in [1.29, 1.82) is 0 Å². The van der Waals surface area contributed by atoms with Crippen LogP contribution in [0, 0.1) is 5.92 Å². The number of ether oxygens (including phenoxy) is 2. The molecule has 1 saturated heterocycles. The van der Waals surface area contributed by atoms with E-state index in [1.165, 1.54) is 19.3 Å². The van der Waals surface area contributed by atoms with Crippen molar-refractivity contribution < 1.29 is 19.1 Å². The van der Waals surface area contributed by atoms with Crippen molar-refractivity contribution in [2.75, 3.05) is 7.11 Å². The second kappa shape index (κ2) is 4.60. The first-order valence-corrected chi connectivity index (χ1v) is 4.30. The van der Waals surface area contributed by atoms with E-state index in [9.17, 15) is 9.59 Å². The first kappa shape index (κ1) is 10.5. The molecular weight excluding hydrogens is 184 g/mol. The fourth-order valence-electron chi connectivity index (χ4n) is 1.06. The Labute approximate surface area is 82.2 Å². The molecule has 1 unspecified atom stereocenters. The molecule has 0 aliphatic carbocycles. The van der Waals surface area contributed by atoms with Gasteiger partial charge in [-0.2, -0.15) is 0 Å². The van der Waals surface area contributed by atoms with Crippen LogP contribution in [0.3, 0.4) is 0 Å². The summed E-state index contributed by atoms with van der Waals surface area (Å²) in [4.78, 5) is 21.6. The van der Waals surface area contributed by atoms with Gasteiger partial charge >= 0.3 is 11.9 Å². The number of carbonyl (C=O) groups is 2. The summed E-state index contributed by atoms with van der Waals surface area (Å²) >= 11 is 0. The van der Waals surface area contributed by atoms with Gasteiger partial charge in [0, 0.05) is 12.5 Å². The van der Waals surface area contributed by atoms with Crippen LogP contribution in [0.25, 0.3) is 0 Å². The van der Waals surface area contributed by atoms with Crippen LogP contribution < -0.4 is 0 Å². The number of allylic oxidation sites excluding steroid dienone is 3. The lowest BCUT2D eigenvalue weighted by Crippen LogP contribution is -2.00. The molecule has 1 rings (SSSR count). The van der Waals surface area contributed by atoms with Gasteiger partial charge in [0.15, 0.2) is 0 Å². The van der Waals surface area contributed by atoms with Crippen molar-refractivity contribution in [1.82, 2.24) is 0 Å². The van der Waals surface area contributed by atoms with Crippen molar-refractivity contribution in [3.63, 3.8) is 0 Å². The predicted molar refractivity (Wildman–Crippen MR) is 49.1 cm³/mol. The van der Waals surface area contributed by atoms with E-state index in [4.69, 9.17) is 4.74 Å². The van der Waals surface area contributed by atoms with Gasteiger partial charge in [-0.15, -0.1) is 0 Å². The second-order valence-corrected chi connectivity index (χ2v) is 3.04. The maximum Gasteiger partial charge on any atom is 0.330 e. The zero-order chi connectivity index (χ0) is 10.6. The number of rotatable bonds is 2. The summed E-state index contributed by atoms with van der Waals surface area (Å²) in [6.07, 6.45) is 4.96. The number of hydrogen-bond donors (Lipinski definition) is 0. The molecule has 0 N–H and O–H groups in total. The maximum atomic E-state index is 11.0. The highest BCUT2D eigenvalue weighted by molar-refractivity contribution is 5.82. The zero-order valence-electron chi connectivity index (χ0n) is 8.15. The molecule has 1 heterocycles. The fraction of sp³-hybridized carbons (Fsp3) is 0.400. The first-order chi connectivity index (χ1) is 6.63. The largest absolute Gasteiger partial charge is 0.466 e. The third kappa shape index (κ3) is 2.73. The number of esters is 2. The lowest BCUT2D eigenvalue weighted by atomic mass is 10.1. The van der Waals surface area contributed by atoms with Gasteiger partial charge in [0.1, 0.15) is 5.76 Å². The summed E-state index contributed by atoms with van der Waals surface area (Å²) in [5.74, 6) is -0.155. The van der Waals surface area contributed by atoms with Crippen LogP contribution in [0.15, 0.2) is 24.0 Å². The third-order valence-corrected chi connectivity index (χ3v) is 1.86. The molecule has 0 bridgehead atoms. The predicted octanol–water partition coefficient (Wildman–Crippen LogP) is 1.18. The molecule has 1 atom stereocenters. The Morgan fingerprint density at radius 2 is 2.36 bits per heavy atom. The normalized spacial score (nSPS) is 24.3. The van der Waals surface area contributed by atoms with Crippen molar-refractivity contribution in [3.8, 4) is 0 Å². The number of hydrogen-bond acceptors (Lipinski definition) is 4. The molecule has 0 saturated carbocycles. The van der Waals surface area contributed by atoms with Gasteiger partial charge in [-0.1, -0.05) is 13.0 Å². The number of carbonyl (C=O) groups excluding carboxylic acids is 2. The molecule has 0 radical (unpaired) electrons. The highest BCUT2D eigenvalue weighted by Crippen LogP contribution is 2.23. The van der Waals surface area contributed by atoms with Gasteiger partial charge in [0.2, 0.25) is 0 Å². The summed E-state index contributed by atoms with van der Waals surface area (Å²) in [5, 5.41) is 0. The molecule has 0 aromatic rings. The first-order valence-electron chi connectivity index (χ1n) is 4.30. The molecule has 4 heteroatoms. The van der Waals surface area contributed by atoms with E-state index in [2.05, 4.69) is 4.74 Å². The van der Waals surface area contributed by atoms with Crippen LogP contribution in [0.1, 0.15) is 13.3 Å². The minimum Gasteiger partial charge on any atom is -0.466 e. The lowest BCUT2D eigenvalue weighted by molar-refractivity contribution is -0.138. The van der Waals surface area contributed by atoms with Crippen LogP contribution in [0.2, 0.25) is 0 Å². The Morgan fingerprint density at radius 1 is 1.64 bits per heavy atom. The van der Waals surface area contributed by atoms with Crippen LogP contribution in [0.4, 0.5) is 0 Å². The summed E-state index contributed by atoms with van der Waals surface area (Å²) in [7, 11) is 1.30. The molecule has 0 amide bonds. The Kier molecular flexibility index (Phi) is 3.45. The molecule has 1 aliphatic heterocycles. The fourth-order valence-corrected chi connectivity index (χ4v) is 1.06. The molecule has 0 spiro atoms. The van der Waals surface area contributed by atoms with Crippen LogP contribution >= 0.6 is 0 Å². The molecule has 4 nitrogen and oxygen atoms in total. The van der Waals surface area contributed by atoms with E-state index in [0.29, 0.717) is 12.2 Å². The summed E-state index contributed by atoms with van der Waals surface area (Å²) in [6.45, 7) is 1.80. The number of methoxy groups -OCH3 is 1. The molecule has 0 aromatic carbocycles. The highest BCUT2D eigenvalue weighted by atomic mass is 16.5. The zero-order valence-corrected chi connectivity index (χ0v) is 8.15. The topological polar surface area (TPSA) is 52.6 Å². The van der Waals surface area contributed by atoms with Gasteiger partial charge < -0.3 is 9.47 Å². The minimum absolute atomic E-state index is 0.0900. The second-order valence-electron chi connectivity index (χ2n) is 3.04. The Morgan fingerprint density at radius 3 is 2.86 bits per heavy atom. The summed E-state index contributed by atoms with van der Waals surface area (Å²) in [6, 6.07) is 0. The molecule has 1 aliphatic rings. The monoisotopic (exact) mass is 196 g/mol. The van der Waals surface area contributed by atoms with Crippen molar-refractivity contribution in [3.05, 3.63) is 24.0 Å². The smallest absolute Gasteiger partial charge is 0.330 e. The van der Waals surface area contributed by atoms with E-state index in [1.54, 1.807) is 13.0 Å². The molecule has 76 valence electrons. The Bertz CT molecular complexity index is 301. The summed E-state index contributed by atoms with van der Waals surface area (Å²) in [5.41, 5.74) is 0. The minimum atomic E-state index is -0.431. The molecule has 0 aromatic heterocycles. The van der Waals surface area contributed by atoms with Gasteiger partial charge in [0.05, 0.1) is 13.0 Å². The van der Waals surface area contributed by atoms with Gasteiger partial charge in [-0.3, -0.25) is 4.79 Å². The van der Waals surface area contributed by atoms with Gasteiger partial charge in [-0.25, -0.2) is 4.79 Å². The molecular formula is C10H12O4. The maximum absolute atomic E-state index is 11.0. The Balaban J connectivity index is 2.51. The number of cyclic esters (lactones) is 1. The van der Waals surface area contributed by atoms with E-state index in [-0.39, 0.29) is 11.9 Å². The average Bonchev–Trinajstić information content (AvgIpc) is 2.46. The molecule has 14 heavy (non-hydrogen) atoms. The van der Waals surface area contributed by atoms with Crippen LogP contribution in [-0.4, -0.2) is 19.0 Å². The quantitative estimate of drug-likeness (QED) is 0.491. The molecule has 1 fully saturated rings. The van der Waals surface area contributed by atoms with Crippen molar-refractivity contribution in [2.45, 2.75) is 13.3 Å². The van der Waals surface area contributed by atoms with Crippen LogP contribution in [0.5, 0.6) is 0 Å². The van der Waals surface area contributed by atoms with Crippen molar-refractivity contribution >= 4 is 11.9 Å². The standard InChI is InChI=1S/C10H12O4/c1-7-6-8(14-10(7)12)4-3-5-9(11)13-2/h3-5,7H,6H2,1-2H3/b5-3+,8-4+. The van der Waals surface area contributed by atoms with E-state index in [0.717, 1.165) is 0 Å². The average molecular weight is 196 g/mol. The highest BCUT2D eigenvalue weighted by Gasteiger charge is 2.25. The van der Waals surface area contributed by atoms with Crippen molar-refractivity contribution in [2.24, 2.45) is 5.92 Å². The van der Waals surface area contributed by atoms with Gasteiger partial charge in [-0.05, 0) is 6.08 Å². The Hall–Kier alpha value is -1.58. The van der Waals surface area contributed by atoms with Crippen LogP contribution in [-0.2, 0) is 19.1 Å². The SMILES string of the molecule is COC(=O)/C=C/C=C1\CC(C)C(=O)O1. The van der Waals surface area contributed by atoms with E-state index in [1.807, 2.05) is 0 Å². The van der Waals surface area contributed by atoms with E-state index < -0.39 is 5.97 Å². The lowest BCUT2D eigenvalue weighted by Gasteiger charge is -1.91. The van der Waals surface area contributed by atoms with E-state index >= 15 is 0 Å². The third-order valence-electron chi connectivity index (χ3n) is 1.86. The summed E-state index contributed by atoms with van der Waals surface area (Å²) < 4.78 is 9.30.